The summed E-state index contributed by atoms with van der Waals surface area (Å²) in [6, 6.07) is 11.0. The molecule has 1 aliphatic heterocycles. The van der Waals surface area contributed by atoms with Gasteiger partial charge in [0.2, 0.25) is 5.91 Å². The molecular weight excluding hydrogens is 396 g/mol. The molecule has 0 aromatic heterocycles. The Morgan fingerprint density at radius 1 is 1.31 bits per heavy atom. The van der Waals surface area contributed by atoms with Gasteiger partial charge in [-0.3, -0.25) is 19.8 Å². The van der Waals surface area contributed by atoms with Crippen LogP contribution in [0, 0.1) is 16.0 Å². The molecule has 3 amide bonds. The van der Waals surface area contributed by atoms with Crippen molar-refractivity contribution in [1.82, 2.24) is 5.32 Å². The van der Waals surface area contributed by atoms with Crippen LogP contribution in [-0.4, -0.2) is 30.0 Å². The molecule has 1 fully saturated rings. The van der Waals surface area contributed by atoms with E-state index in [1.807, 2.05) is 6.92 Å². The number of rotatable bonds is 7. The van der Waals surface area contributed by atoms with E-state index in [0.717, 1.165) is 5.56 Å². The number of benzene rings is 2. The molecule has 152 valence electrons. The van der Waals surface area contributed by atoms with Gasteiger partial charge in [0.1, 0.15) is 0 Å². The molecule has 1 heterocycles. The van der Waals surface area contributed by atoms with Crippen LogP contribution in [0.1, 0.15) is 18.9 Å². The van der Waals surface area contributed by atoms with E-state index in [4.69, 9.17) is 11.6 Å². The highest BCUT2D eigenvalue weighted by Crippen LogP contribution is 2.30. The lowest BCUT2D eigenvalue weighted by molar-refractivity contribution is -0.384. The minimum absolute atomic E-state index is 0.0193. The van der Waals surface area contributed by atoms with Crippen LogP contribution >= 0.6 is 11.6 Å². The number of halogens is 1. The van der Waals surface area contributed by atoms with Gasteiger partial charge in [-0.15, -0.1) is 0 Å². The standard InChI is InChI=1S/C20H21ClN4O4/c1-2-14(11-13-3-6-16(7-4-13)25(28)29)19(26)23-15-5-8-17(21)18(12-15)24-10-9-22-20(24)27/h3-8,12,14H,2,9-11H2,1H3,(H,22,27)(H,23,26). The zero-order chi connectivity index (χ0) is 21.0. The maximum absolute atomic E-state index is 12.8. The lowest BCUT2D eigenvalue weighted by atomic mass is 9.96. The predicted octanol–water partition coefficient (Wildman–Crippen LogP) is 3.99. The van der Waals surface area contributed by atoms with Crippen molar-refractivity contribution in [2.75, 3.05) is 23.3 Å². The number of carbonyl (C=O) groups excluding carboxylic acids is 2. The average molecular weight is 417 g/mol. The van der Waals surface area contributed by atoms with Crippen LogP contribution in [0.3, 0.4) is 0 Å². The van der Waals surface area contributed by atoms with E-state index in [1.165, 1.54) is 17.0 Å². The maximum atomic E-state index is 12.8. The quantitative estimate of drug-likeness (QED) is 0.526. The van der Waals surface area contributed by atoms with Crippen LogP contribution < -0.4 is 15.5 Å². The van der Waals surface area contributed by atoms with E-state index in [1.54, 1.807) is 30.3 Å². The molecule has 0 spiro atoms. The van der Waals surface area contributed by atoms with Crippen LogP contribution in [0.4, 0.5) is 21.9 Å². The molecular formula is C20H21ClN4O4. The van der Waals surface area contributed by atoms with Crippen LogP contribution in [-0.2, 0) is 11.2 Å². The molecule has 3 rings (SSSR count). The lowest BCUT2D eigenvalue weighted by Crippen LogP contribution is -2.28. The summed E-state index contributed by atoms with van der Waals surface area (Å²) in [5.74, 6) is -0.462. The summed E-state index contributed by atoms with van der Waals surface area (Å²) in [5.41, 5.74) is 1.97. The normalized spacial score (nSPS) is 14.4. The number of carbonyl (C=O) groups is 2. The number of non-ortho nitro benzene ring substituents is 1. The van der Waals surface area contributed by atoms with Crippen LogP contribution in [0.2, 0.25) is 5.02 Å². The van der Waals surface area contributed by atoms with Gasteiger partial charge in [0.15, 0.2) is 0 Å². The van der Waals surface area contributed by atoms with Crippen molar-refractivity contribution in [1.29, 1.82) is 0 Å². The van der Waals surface area contributed by atoms with Gasteiger partial charge in [-0.25, -0.2) is 4.79 Å². The van der Waals surface area contributed by atoms with Gasteiger partial charge in [0, 0.05) is 36.8 Å². The van der Waals surface area contributed by atoms with Crippen molar-refractivity contribution in [2.45, 2.75) is 19.8 Å². The van der Waals surface area contributed by atoms with Crippen molar-refractivity contribution >= 4 is 40.6 Å². The monoisotopic (exact) mass is 416 g/mol. The number of nitrogens with one attached hydrogen (secondary N) is 2. The van der Waals surface area contributed by atoms with Crippen LogP contribution in [0.15, 0.2) is 42.5 Å². The number of nitro benzene ring substituents is 1. The van der Waals surface area contributed by atoms with Gasteiger partial charge in [-0.05, 0) is 36.6 Å². The summed E-state index contributed by atoms with van der Waals surface area (Å²) < 4.78 is 0. The maximum Gasteiger partial charge on any atom is 0.322 e. The van der Waals surface area contributed by atoms with E-state index >= 15 is 0 Å². The zero-order valence-corrected chi connectivity index (χ0v) is 16.6. The molecule has 0 aliphatic carbocycles. The minimum Gasteiger partial charge on any atom is -0.336 e. The van der Waals surface area contributed by atoms with Crippen molar-refractivity contribution in [3.05, 3.63) is 63.2 Å². The molecule has 2 aromatic carbocycles. The zero-order valence-electron chi connectivity index (χ0n) is 15.9. The summed E-state index contributed by atoms with van der Waals surface area (Å²) in [5, 5.41) is 16.8. The van der Waals surface area contributed by atoms with Crippen LogP contribution in [0.5, 0.6) is 0 Å². The number of urea groups is 1. The molecule has 1 saturated heterocycles. The number of hydrogen-bond donors (Lipinski definition) is 2. The van der Waals surface area contributed by atoms with E-state index in [-0.39, 0.29) is 23.5 Å². The highest BCUT2D eigenvalue weighted by atomic mass is 35.5. The van der Waals surface area contributed by atoms with Crippen molar-refractivity contribution < 1.29 is 14.5 Å². The van der Waals surface area contributed by atoms with Gasteiger partial charge in [-0.1, -0.05) is 30.7 Å². The molecule has 0 bridgehead atoms. The predicted molar refractivity (Wildman–Crippen MR) is 111 cm³/mol. The van der Waals surface area contributed by atoms with Crippen LogP contribution in [0.25, 0.3) is 0 Å². The summed E-state index contributed by atoms with van der Waals surface area (Å²) in [6.07, 6.45) is 1.08. The fourth-order valence-corrected chi connectivity index (χ4v) is 3.42. The topological polar surface area (TPSA) is 105 Å². The second-order valence-electron chi connectivity index (χ2n) is 6.77. The average Bonchev–Trinajstić information content (AvgIpc) is 3.13. The fourth-order valence-electron chi connectivity index (χ4n) is 3.20. The Morgan fingerprint density at radius 2 is 2.03 bits per heavy atom. The second-order valence-corrected chi connectivity index (χ2v) is 7.18. The van der Waals surface area contributed by atoms with E-state index in [2.05, 4.69) is 10.6 Å². The number of amides is 3. The molecule has 0 saturated carbocycles. The smallest absolute Gasteiger partial charge is 0.322 e. The first kappa shape index (κ1) is 20.6. The number of nitrogens with zero attached hydrogens (tertiary/aromatic N) is 2. The summed E-state index contributed by atoms with van der Waals surface area (Å²) in [6.45, 7) is 2.96. The Morgan fingerprint density at radius 3 is 2.62 bits per heavy atom. The third-order valence-electron chi connectivity index (χ3n) is 4.85. The molecule has 29 heavy (non-hydrogen) atoms. The summed E-state index contributed by atoms with van der Waals surface area (Å²) in [4.78, 5) is 36.5. The second kappa shape index (κ2) is 8.91. The molecule has 1 unspecified atom stereocenters. The third kappa shape index (κ3) is 4.83. The van der Waals surface area contributed by atoms with Crippen molar-refractivity contribution in [2.24, 2.45) is 5.92 Å². The van der Waals surface area contributed by atoms with Crippen molar-refractivity contribution in [3.8, 4) is 0 Å². The Hall–Kier alpha value is -3.13. The Bertz CT molecular complexity index is 933. The first-order valence-electron chi connectivity index (χ1n) is 9.28. The number of anilines is 2. The lowest BCUT2D eigenvalue weighted by Gasteiger charge is -2.19. The minimum atomic E-state index is -0.452. The van der Waals surface area contributed by atoms with Gasteiger partial charge in [0.25, 0.3) is 5.69 Å². The number of hydrogen-bond acceptors (Lipinski definition) is 4. The first-order valence-corrected chi connectivity index (χ1v) is 9.66. The summed E-state index contributed by atoms with van der Waals surface area (Å²) >= 11 is 6.23. The SMILES string of the molecule is CCC(Cc1ccc([N+](=O)[O-])cc1)C(=O)Nc1ccc(Cl)c(N2CCNC2=O)c1. The molecule has 9 heteroatoms. The van der Waals surface area contributed by atoms with E-state index < -0.39 is 4.92 Å². The first-order chi connectivity index (χ1) is 13.9. The summed E-state index contributed by atoms with van der Waals surface area (Å²) in [7, 11) is 0. The highest BCUT2D eigenvalue weighted by molar-refractivity contribution is 6.34. The third-order valence-corrected chi connectivity index (χ3v) is 5.17. The van der Waals surface area contributed by atoms with E-state index in [0.29, 0.717) is 42.3 Å². The largest absolute Gasteiger partial charge is 0.336 e. The van der Waals surface area contributed by atoms with Gasteiger partial charge < -0.3 is 10.6 Å². The Labute approximate surface area is 173 Å². The number of nitro groups is 1. The Balaban J connectivity index is 1.70. The molecule has 0 radical (unpaired) electrons. The fraction of sp³-hybridized carbons (Fsp3) is 0.300. The molecule has 2 aromatic rings. The Kier molecular flexibility index (Phi) is 6.33. The van der Waals surface area contributed by atoms with Gasteiger partial charge in [-0.2, -0.15) is 0 Å². The molecule has 1 aliphatic rings. The van der Waals surface area contributed by atoms with Crippen molar-refractivity contribution in [3.63, 3.8) is 0 Å². The highest BCUT2D eigenvalue weighted by Gasteiger charge is 2.24. The molecule has 2 N–H and O–H groups in total. The molecule has 8 nitrogen and oxygen atoms in total. The van der Waals surface area contributed by atoms with Gasteiger partial charge >= 0.3 is 6.03 Å². The molecule has 1 atom stereocenters. The van der Waals surface area contributed by atoms with E-state index in [9.17, 15) is 19.7 Å². The van der Waals surface area contributed by atoms with Gasteiger partial charge in [0.05, 0.1) is 15.6 Å².